The molecule has 1 nitrogen and oxygen atoms in total. The fourth-order valence-electron chi connectivity index (χ4n) is 1.62. The lowest BCUT2D eigenvalue weighted by molar-refractivity contribution is 0.324. The van der Waals surface area contributed by atoms with Gasteiger partial charge in [0.25, 0.3) is 0 Å². The molecule has 0 aromatic carbocycles. The SMILES string of the molecule is CC(C)C(C)[C@H]1CCCN1. The van der Waals surface area contributed by atoms with Gasteiger partial charge in [-0.2, -0.15) is 0 Å². The fourth-order valence-corrected chi connectivity index (χ4v) is 1.62. The first-order valence-corrected chi connectivity index (χ1v) is 4.45. The van der Waals surface area contributed by atoms with Crippen LogP contribution in [-0.4, -0.2) is 12.6 Å². The molecule has 1 saturated heterocycles. The maximum Gasteiger partial charge on any atom is 0.00956 e. The monoisotopic (exact) mass is 141 g/mol. The smallest absolute Gasteiger partial charge is 0.00956 e. The van der Waals surface area contributed by atoms with Crippen LogP contribution in [0, 0.1) is 11.8 Å². The van der Waals surface area contributed by atoms with E-state index in [1.54, 1.807) is 0 Å². The van der Waals surface area contributed by atoms with Gasteiger partial charge in [0.1, 0.15) is 0 Å². The molecule has 1 heteroatoms. The Hall–Kier alpha value is -0.0400. The van der Waals surface area contributed by atoms with Crippen molar-refractivity contribution in [2.75, 3.05) is 6.54 Å². The van der Waals surface area contributed by atoms with Crippen molar-refractivity contribution in [3.63, 3.8) is 0 Å². The van der Waals surface area contributed by atoms with Gasteiger partial charge in [-0.1, -0.05) is 20.8 Å². The standard InChI is InChI=1S/C9H19N/c1-7(2)8(3)9-5-4-6-10-9/h7-10H,4-6H2,1-3H3/t8?,9-/m1/s1. The summed E-state index contributed by atoms with van der Waals surface area (Å²) in [5, 5.41) is 3.54. The minimum absolute atomic E-state index is 0.806. The molecule has 1 aliphatic rings. The molecule has 2 atom stereocenters. The Morgan fingerprint density at radius 1 is 1.30 bits per heavy atom. The Balaban J connectivity index is 2.32. The molecule has 0 saturated carbocycles. The molecule has 10 heavy (non-hydrogen) atoms. The van der Waals surface area contributed by atoms with E-state index >= 15 is 0 Å². The minimum atomic E-state index is 0.806. The maximum absolute atomic E-state index is 3.54. The van der Waals surface area contributed by atoms with Gasteiger partial charge in [0, 0.05) is 6.04 Å². The molecule has 0 aromatic rings. The third-order valence-electron chi connectivity index (χ3n) is 2.78. The van der Waals surface area contributed by atoms with E-state index in [9.17, 15) is 0 Å². The van der Waals surface area contributed by atoms with Crippen LogP contribution in [0.2, 0.25) is 0 Å². The molecule has 0 spiro atoms. The van der Waals surface area contributed by atoms with Gasteiger partial charge >= 0.3 is 0 Å². The highest BCUT2D eigenvalue weighted by Gasteiger charge is 2.22. The van der Waals surface area contributed by atoms with E-state index in [4.69, 9.17) is 0 Å². The Bertz CT molecular complexity index is 92.9. The zero-order chi connectivity index (χ0) is 7.56. The normalized spacial score (nSPS) is 29.4. The van der Waals surface area contributed by atoms with Gasteiger partial charge in [-0.25, -0.2) is 0 Å². The van der Waals surface area contributed by atoms with E-state index in [1.165, 1.54) is 19.4 Å². The molecule has 1 heterocycles. The molecule has 1 N–H and O–H groups in total. The molecule has 0 aliphatic carbocycles. The van der Waals surface area contributed by atoms with Gasteiger partial charge in [0.05, 0.1) is 0 Å². The lowest BCUT2D eigenvalue weighted by Gasteiger charge is -2.22. The first-order chi connectivity index (χ1) is 4.72. The summed E-state index contributed by atoms with van der Waals surface area (Å²) in [7, 11) is 0. The first-order valence-electron chi connectivity index (χ1n) is 4.45. The quantitative estimate of drug-likeness (QED) is 0.620. The van der Waals surface area contributed by atoms with E-state index in [0.717, 1.165) is 17.9 Å². The Morgan fingerprint density at radius 2 is 2.00 bits per heavy atom. The van der Waals surface area contributed by atoms with Gasteiger partial charge in [0.2, 0.25) is 0 Å². The third kappa shape index (κ3) is 1.72. The van der Waals surface area contributed by atoms with Crippen LogP contribution in [0.4, 0.5) is 0 Å². The predicted octanol–water partition coefficient (Wildman–Crippen LogP) is 2.03. The van der Waals surface area contributed by atoms with Crippen LogP contribution in [0.5, 0.6) is 0 Å². The van der Waals surface area contributed by atoms with E-state index in [0.29, 0.717) is 0 Å². The molecule has 0 amide bonds. The number of rotatable bonds is 2. The molecule has 1 rings (SSSR count). The van der Waals surface area contributed by atoms with Crippen molar-refractivity contribution in [1.82, 2.24) is 5.32 Å². The summed E-state index contributed by atoms with van der Waals surface area (Å²) < 4.78 is 0. The third-order valence-corrected chi connectivity index (χ3v) is 2.78. The highest BCUT2D eigenvalue weighted by molar-refractivity contribution is 4.80. The second kappa shape index (κ2) is 3.38. The summed E-state index contributed by atoms with van der Waals surface area (Å²) in [4.78, 5) is 0. The van der Waals surface area contributed by atoms with Crippen LogP contribution >= 0.6 is 0 Å². The van der Waals surface area contributed by atoms with Crippen molar-refractivity contribution in [3.8, 4) is 0 Å². The zero-order valence-electron chi connectivity index (χ0n) is 7.35. The van der Waals surface area contributed by atoms with Gasteiger partial charge in [-0.15, -0.1) is 0 Å². The highest BCUT2D eigenvalue weighted by atomic mass is 14.9. The Labute approximate surface area is 64.2 Å². The van der Waals surface area contributed by atoms with E-state index in [1.807, 2.05) is 0 Å². The van der Waals surface area contributed by atoms with Crippen LogP contribution in [-0.2, 0) is 0 Å². The maximum atomic E-state index is 3.54. The highest BCUT2D eigenvalue weighted by Crippen LogP contribution is 2.20. The van der Waals surface area contributed by atoms with Crippen LogP contribution in [0.25, 0.3) is 0 Å². The van der Waals surface area contributed by atoms with Crippen molar-refractivity contribution >= 4 is 0 Å². The molecule has 1 aliphatic heterocycles. The summed E-state index contributed by atoms with van der Waals surface area (Å²) in [5.41, 5.74) is 0. The van der Waals surface area contributed by atoms with Crippen molar-refractivity contribution in [2.45, 2.75) is 39.7 Å². The molecular formula is C9H19N. The van der Waals surface area contributed by atoms with Crippen LogP contribution in [0.15, 0.2) is 0 Å². The van der Waals surface area contributed by atoms with Crippen LogP contribution < -0.4 is 5.32 Å². The summed E-state index contributed by atoms with van der Waals surface area (Å²) in [6, 6.07) is 0.806. The molecule has 0 radical (unpaired) electrons. The first kappa shape index (κ1) is 8.06. The zero-order valence-corrected chi connectivity index (χ0v) is 7.35. The topological polar surface area (TPSA) is 12.0 Å². The van der Waals surface area contributed by atoms with Crippen molar-refractivity contribution in [2.24, 2.45) is 11.8 Å². The predicted molar refractivity (Wildman–Crippen MR) is 45.0 cm³/mol. The lowest BCUT2D eigenvalue weighted by Crippen LogP contribution is -2.31. The summed E-state index contributed by atoms with van der Waals surface area (Å²) in [6.07, 6.45) is 2.76. The molecule has 1 unspecified atom stereocenters. The molecule has 60 valence electrons. The second-order valence-corrected chi connectivity index (χ2v) is 3.81. The molecule has 1 fully saturated rings. The van der Waals surface area contributed by atoms with Crippen molar-refractivity contribution < 1.29 is 0 Å². The molecule has 0 bridgehead atoms. The summed E-state index contributed by atoms with van der Waals surface area (Å²) in [6.45, 7) is 8.21. The van der Waals surface area contributed by atoms with Crippen molar-refractivity contribution in [3.05, 3.63) is 0 Å². The van der Waals surface area contributed by atoms with Crippen molar-refractivity contribution in [1.29, 1.82) is 0 Å². The molecular weight excluding hydrogens is 122 g/mol. The largest absolute Gasteiger partial charge is 0.314 e. The van der Waals surface area contributed by atoms with E-state index in [-0.39, 0.29) is 0 Å². The second-order valence-electron chi connectivity index (χ2n) is 3.81. The van der Waals surface area contributed by atoms with Gasteiger partial charge in [0.15, 0.2) is 0 Å². The van der Waals surface area contributed by atoms with Crippen LogP contribution in [0.3, 0.4) is 0 Å². The average Bonchev–Trinajstić information content (AvgIpc) is 2.36. The Kier molecular flexibility index (Phi) is 2.72. The summed E-state index contributed by atoms with van der Waals surface area (Å²) >= 11 is 0. The molecule has 0 aromatic heterocycles. The van der Waals surface area contributed by atoms with Crippen LogP contribution in [0.1, 0.15) is 33.6 Å². The number of hydrogen-bond acceptors (Lipinski definition) is 1. The number of nitrogens with one attached hydrogen (secondary N) is 1. The van der Waals surface area contributed by atoms with Gasteiger partial charge in [-0.05, 0) is 31.2 Å². The minimum Gasteiger partial charge on any atom is -0.314 e. The van der Waals surface area contributed by atoms with E-state index in [2.05, 4.69) is 26.1 Å². The summed E-state index contributed by atoms with van der Waals surface area (Å²) in [5.74, 6) is 1.68. The Morgan fingerprint density at radius 3 is 2.40 bits per heavy atom. The van der Waals surface area contributed by atoms with Gasteiger partial charge < -0.3 is 5.32 Å². The average molecular weight is 141 g/mol. The van der Waals surface area contributed by atoms with E-state index < -0.39 is 0 Å². The van der Waals surface area contributed by atoms with Gasteiger partial charge in [-0.3, -0.25) is 0 Å². The lowest BCUT2D eigenvalue weighted by atomic mass is 9.90. The number of hydrogen-bond donors (Lipinski definition) is 1. The fraction of sp³-hybridized carbons (Fsp3) is 1.00.